The highest BCUT2D eigenvalue weighted by atomic mass is 32.1. The minimum Gasteiger partial charge on any atom is -0.476 e. The number of hydrogen-bond donors (Lipinski definition) is 2. The molecule has 0 aliphatic heterocycles. The average molecular weight is 382 g/mol. The molecule has 0 atom stereocenters. The van der Waals surface area contributed by atoms with E-state index in [2.05, 4.69) is 15.4 Å². The summed E-state index contributed by atoms with van der Waals surface area (Å²) in [6.07, 6.45) is 4.25. The van der Waals surface area contributed by atoms with Crippen molar-refractivity contribution < 1.29 is 14.7 Å². The molecule has 0 saturated heterocycles. The molecule has 7 nitrogen and oxygen atoms in total. The quantitative estimate of drug-likeness (QED) is 0.655. The maximum Gasteiger partial charge on any atom is 0.355 e. The van der Waals surface area contributed by atoms with Crippen molar-refractivity contribution in [3.63, 3.8) is 0 Å². The molecular formula is C19H18N4O3S. The predicted octanol–water partition coefficient (Wildman–Crippen LogP) is 2.88. The lowest BCUT2D eigenvalue weighted by Crippen LogP contribution is -2.26. The lowest BCUT2D eigenvalue weighted by Gasteiger charge is -2.09. The van der Waals surface area contributed by atoms with Crippen LogP contribution in [0.3, 0.4) is 0 Å². The second kappa shape index (κ2) is 7.32. The van der Waals surface area contributed by atoms with Gasteiger partial charge in [-0.15, -0.1) is 11.3 Å². The summed E-state index contributed by atoms with van der Waals surface area (Å²) in [7, 11) is 0. The zero-order valence-corrected chi connectivity index (χ0v) is 15.3. The van der Waals surface area contributed by atoms with Crippen LogP contribution in [0.25, 0.3) is 5.69 Å². The Kier molecular flexibility index (Phi) is 4.72. The number of nitrogens with one attached hydrogen (secondary N) is 1. The largest absolute Gasteiger partial charge is 0.476 e. The molecule has 27 heavy (non-hydrogen) atoms. The van der Waals surface area contributed by atoms with Gasteiger partial charge in [-0.25, -0.2) is 14.5 Å². The molecular weight excluding hydrogens is 364 g/mol. The van der Waals surface area contributed by atoms with Crippen molar-refractivity contribution in [2.45, 2.75) is 25.2 Å². The van der Waals surface area contributed by atoms with Crippen molar-refractivity contribution >= 4 is 23.2 Å². The number of nitrogens with zero attached hydrogens (tertiary/aromatic N) is 3. The smallest absolute Gasteiger partial charge is 0.355 e. The molecule has 1 aliphatic carbocycles. The van der Waals surface area contributed by atoms with Crippen LogP contribution in [-0.4, -0.2) is 38.3 Å². The molecule has 1 saturated carbocycles. The molecule has 0 unspecified atom stereocenters. The Morgan fingerprint density at radius 1 is 1.26 bits per heavy atom. The van der Waals surface area contributed by atoms with Gasteiger partial charge in [-0.3, -0.25) is 4.79 Å². The first-order valence-electron chi connectivity index (χ1n) is 8.72. The number of amides is 1. The molecule has 1 aromatic carbocycles. The number of hydrogen-bond acceptors (Lipinski definition) is 5. The van der Waals surface area contributed by atoms with Gasteiger partial charge < -0.3 is 10.4 Å². The van der Waals surface area contributed by atoms with Crippen LogP contribution in [0.5, 0.6) is 0 Å². The van der Waals surface area contributed by atoms with Gasteiger partial charge in [-0.05, 0) is 25.0 Å². The maximum absolute atomic E-state index is 12.7. The van der Waals surface area contributed by atoms with Gasteiger partial charge in [0.05, 0.1) is 28.1 Å². The Morgan fingerprint density at radius 2 is 2.04 bits per heavy atom. The van der Waals surface area contributed by atoms with Crippen LogP contribution in [-0.2, 0) is 6.42 Å². The number of carbonyl (C=O) groups excluding carboxylic acids is 1. The van der Waals surface area contributed by atoms with Crippen LogP contribution in [0.1, 0.15) is 50.3 Å². The second-order valence-corrected chi connectivity index (χ2v) is 7.35. The number of carbonyl (C=O) groups is 2. The first kappa shape index (κ1) is 17.4. The van der Waals surface area contributed by atoms with Crippen molar-refractivity contribution in [2.75, 3.05) is 6.54 Å². The molecule has 2 aromatic heterocycles. The monoisotopic (exact) mass is 382 g/mol. The molecule has 2 N–H and O–H groups in total. The van der Waals surface area contributed by atoms with E-state index in [4.69, 9.17) is 5.11 Å². The molecule has 1 amide bonds. The standard InChI is InChI=1S/C19H18N4O3S/c24-18(20-9-8-16-22-15(11-27-16)19(25)26)14-10-21-23(17(14)12-6-7-12)13-4-2-1-3-5-13/h1-5,10-12H,6-9H2,(H,20,24)(H,25,26). The summed E-state index contributed by atoms with van der Waals surface area (Å²) in [6, 6.07) is 9.80. The summed E-state index contributed by atoms with van der Waals surface area (Å²) >= 11 is 1.29. The first-order valence-corrected chi connectivity index (χ1v) is 9.60. The number of aromatic carboxylic acids is 1. The predicted molar refractivity (Wildman–Crippen MR) is 101 cm³/mol. The van der Waals surface area contributed by atoms with Gasteiger partial charge in [0.1, 0.15) is 0 Å². The van der Waals surface area contributed by atoms with Gasteiger partial charge >= 0.3 is 5.97 Å². The van der Waals surface area contributed by atoms with Crippen molar-refractivity contribution in [1.29, 1.82) is 0 Å². The summed E-state index contributed by atoms with van der Waals surface area (Å²) in [5.74, 6) is -0.830. The molecule has 3 aromatic rings. The van der Waals surface area contributed by atoms with E-state index in [-0.39, 0.29) is 11.6 Å². The van der Waals surface area contributed by atoms with E-state index in [9.17, 15) is 9.59 Å². The van der Waals surface area contributed by atoms with Crippen LogP contribution < -0.4 is 5.32 Å². The van der Waals surface area contributed by atoms with E-state index in [0.29, 0.717) is 29.5 Å². The van der Waals surface area contributed by atoms with E-state index < -0.39 is 5.97 Å². The van der Waals surface area contributed by atoms with E-state index >= 15 is 0 Å². The second-order valence-electron chi connectivity index (χ2n) is 6.40. The van der Waals surface area contributed by atoms with Crippen molar-refractivity contribution in [3.8, 4) is 5.69 Å². The molecule has 138 valence electrons. The minimum atomic E-state index is -1.04. The summed E-state index contributed by atoms with van der Waals surface area (Å²) in [6.45, 7) is 0.395. The highest BCUT2D eigenvalue weighted by molar-refractivity contribution is 7.09. The fraction of sp³-hybridized carbons (Fsp3) is 0.263. The summed E-state index contributed by atoms with van der Waals surface area (Å²) < 4.78 is 1.85. The number of aromatic nitrogens is 3. The van der Waals surface area contributed by atoms with Gasteiger partial charge in [0.15, 0.2) is 5.69 Å². The third-order valence-corrected chi connectivity index (χ3v) is 5.32. The van der Waals surface area contributed by atoms with Gasteiger partial charge in [0.25, 0.3) is 5.91 Å². The lowest BCUT2D eigenvalue weighted by molar-refractivity contribution is 0.0690. The highest BCUT2D eigenvalue weighted by Gasteiger charge is 2.32. The number of benzene rings is 1. The number of para-hydroxylation sites is 1. The lowest BCUT2D eigenvalue weighted by atomic mass is 10.1. The molecule has 1 fully saturated rings. The van der Waals surface area contributed by atoms with Crippen molar-refractivity contribution in [2.24, 2.45) is 0 Å². The van der Waals surface area contributed by atoms with Crippen LogP contribution in [0.4, 0.5) is 0 Å². The molecule has 1 aliphatic rings. The van der Waals surface area contributed by atoms with Gasteiger partial charge in [-0.1, -0.05) is 18.2 Å². The highest BCUT2D eigenvalue weighted by Crippen LogP contribution is 2.42. The van der Waals surface area contributed by atoms with Gasteiger partial charge in [-0.2, -0.15) is 5.10 Å². The third-order valence-electron chi connectivity index (χ3n) is 4.41. The summed E-state index contributed by atoms with van der Waals surface area (Å²) in [5, 5.41) is 18.4. The number of thiazole rings is 1. The van der Waals surface area contributed by atoms with Crippen molar-refractivity contribution in [3.05, 3.63) is 63.9 Å². The summed E-state index contributed by atoms with van der Waals surface area (Å²) in [4.78, 5) is 27.6. The third kappa shape index (κ3) is 3.75. The summed E-state index contributed by atoms with van der Waals surface area (Å²) in [5.41, 5.74) is 2.55. The van der Waals surface area contributed by atoms with Crippen LogP contribution in [0.2, 0.25) is 0 Å². The Bertz CT molecular complexity index is 976. The number of carboxylic acids is 1. The molecule has 4 rings (SSSR count). The average Bonchev–Trinajstić information content (AvgIpc) is 3.23. The van der Waals surface area contributed by atoms with E-state index in [1.807, 2.05) is 35.0 Å². The van der Waals surface area contributed by atoms with Crippen LogP contribution in [0.15, 0.2) is 41.9 Å². The van der Waals surface area contributed by atoms with E-state index in [1.54, 1.807) is 6.20 Å². The Labute approximate surface area is 159 Å². The Balaban J connectivity index is 1.45. The Morgan fingerprint density at radius 3 is 2.70 bits per heavy atom. The molecule has 0 bridgehead atoms. The molecule has 0 radical (unpaired) electrons. The normalized spacial score (nSPS) is 13.5. The van der Waals surface area contributed by atoms with E-state index in [1.165, 1.54) is 16.7 Å². The zero-order valence-electron chi connectivity index (χ0n) is 14.5. The number of rotatable bonds is 7. The van der Waals surface area contributed by atoms with Crippen molar-refractivity contribution in [1.82, 2.24) is 20.1 Å². The Hall–Kier alpha value is -3.00. The topological polar surface area (TPSA) is 97.1 Å². The zero-order chi connectivity index (χ0) is 18.8. The molecule has 2 heterocycles. The fourth-order valence-electron chi connectivity index (χ4n) is 2.96. The first-order chi connectivity index (χ1) is 13.1. The maximum atomic E-state index is 12.7. The van der Waals surface area contributed by atoms with Crippen LogP contribution >= 0.6 is 11.3 Å². The van der Waals surface area contributed by atoms with Gasteiger partial charge in [0, 0.05) is 24.3 Å². The fourth-order valence-corrected chi connectivity index (χ4v) is 3.73. The van der Waals surface area contributed by atoms with E-state index in [0.717, 1.165) is 24.2 Å². The molecule has 0 spiro atoms. The molecule has 8 heteroatoms. The van der Waals surface area contributed by atoms with Gasteiger partial charge in [0.2, 0.25) is 0 Å². The minimum absolute atomic E-state index is 0.0430. The SMILES string of the molecule is O=C(O)c1csc(CCNC(=O)c2cnn(-c3ccccc3)c2C2CC2)n1. The number of carboxylic acid groups (broad SMARTS) is 1. The van der Waals surface area contributed by atoms with Crippen LogP contribution in [0, 0.1) is 0 Å².